The molecule has 0 aliphatic carbocycles. The van der Waals surface area contributed by atoms with E-state index in [0.717, 1.165) is 6.54 Å². The molecule has 26 heavy (non-hydrogen) atoms. The SMILES string of the molecule is CC(C)N(C(=O)OC(C)(C)C)c1ccc([C@@H]2CCCCN2C(C)C)cn1. The third-order valence-corrected chi connectivity index (χ3v) is 4.72. The standard InChI is InChI=1S/C21H35N3O2/c1-15(2)23-13-9-8-10-18(23)17-11-12-19(22-14-17)24(16(3)4)20(25)26-21(5,6)7/h11-12,14-16,18H,8-10,13H2,1-7H3/t18-/m0/s1. The first-order valence-corrected chi connectivity index (χ1v) is 9.84. The minimum absolute atomic E-state index is 0.0231. The molecule has 2 rings (SSSR count). The van der Waals surface area contributed by atoms with Gasteiger partial charge in [0.05, 0.1) is 0 Å². The van der Waals surface area contributed by atoms with Gasteiger partial charge in [0, 0.05) is 24.3 Å². The Morgan fingerprint density at radius 2 is 1.92 bits per heavy atom. The monoisotopic (exact) mass is 361 g/mol. The molecular formula is C21H35N3O2. The van der Waals surface area contributed by atoms with Crippen molar-refractivity contribution in [2.24, 2.45) is 0 Å². The van der Waals surface area contributed by atoms with Crippen LogP contribution < -0.4 is 4.90 Å². The van der Waals surface area contributed by atoms with Crippen molar-refractivity contribution in [2.45, 2.75) is 91.5 Å². The summed E-state index contributed by atoms with van der Waals surface area (Å²) in [7, 11) is 0. The van der Waals surface area contributed by atoms with Gasteiger partial charge in [-0.15, -0.1) is 0 Å². The van der Waals surface area contributed by atoms with Crippen molar-refractivity contribution in [1.29, 1.82) is 0 Å². The Bertz CT molecular complexity index is 590. The lowest BCUT2D eigenvalue weighted by molar-refractivity contribution is 0.0569. The first-order chi connectivity index (χ1) is 12.1. The predicted molar refractivity (Wildman–Crippen MR) is 107 cm³/mol. The van der Waals surface area contributed by atoms with E-state index in [-0.39, 0.29) is 12.1 Å². The van der Waals surface area contributed by atoms with Crippen molar-refractivity contribution in [3.05, 3.63) is 23.9 Å². The summed E-state index contributed by atoms with van der Waals surface area (Å²) >= 11 is 0. The van der Waals surface area contributed by atoms with Gasteiger partial charge in [-0.2, -0.15) is 0 Å². The molecule has 0 N–H and O–H groups in total. The lowest BCUT2D eigenvalue weighted by atomic mass is 9.95. The van der Waals surface area contributed by atoms with Gasteiger partial charge in [0.2, 0.25) is 0 Å². The van der Waals surface area contributed by atoms with Gasteiger partial charge >= 0.3 is 6.09 Å². The van der Waals surface area contributed by atoms with Crippen molar-refractivity contribution < 1.29 is 9.53 Å². The van der Waals surface area contributed by atoms with E-state index in [4.69, 9.17) is 4.74 Å². The topological polar surface area (TPSA) is 45.7 Å². The van der Waals surface area contributed by atoms with Crippen LogP contribution in [0, 0.1) is 0 Å². The molecule has 0 unspecified atom stereocenters. The van der Waals surface area contributed by atoms with Gasteiger partial charge in [-0.05, 0) is 79.5 Å². The fourth-order valence-electron chi connectivity index (χ4n) is 3.55. The highest BCUT2D eigenvalue weighted by Crippen LogP contribution is 2.32. The van der Waals surface area contributed by atoms with Gasteiger partial charge in [0.15, 0.2) is 0 Å². The molecule has 1 aliphatic heterocycles. The first kappa shape index (κ1) is 20.7. The molecular weight excluding hydrogens is 326 g/mol. The van der Waals surface area contributed by atoms with Crippen LogP contribution >= 0.6 is 0 Å². The van der Waals surface area contributed by atoms with E-state index in [1.807, 2.05) is 46.9 Å². The number of rotatable bonds is 4. The van der Waals surface area contributed by atoms with Gasteiger partial charge in [0.25, 0.3) is 0 Å². The normalized spacial score (nSPS) is 19.0. The predicted octanol–water partition coefficient (Wildman–Crippen LogP) is 5.17. The van der Waals surface area contributed by atoms with Gasteiger partial charge in [-0.3, -0.25) is 9.80 Å². The molecule has 146 valence electrons. The maximum absolute atomic E-state index is 12.6. The molecule has 1 amide bonds. The molecule has 1 fully saturated rings. The highest BCUT2D eigenvalue weighted by molar-refractivity contribution is 5.87. The van der Waals surface area contributed by atoms with Crippen molar-refractivity contribution >= 4 is 11.9 Å². The number of carbonyl (C=O) groups excluding carboxylic acids is 1. The number of ether oxygens (including phenoxy) is 1. The van der Waals surface area contributed by atoms with Crippen LogP contribution in [-0.4, -0.2) is 40.2 Å². The van der Waals surface area contributed by atoms with E-state index in [1.54, 1.807) is 4.90 Å². The second kappa shape index (κ2) is 8.38. The largest absolute Gasteiger partial charge is 0.443 e. The average molecular weight is 362 g/mol. The van der Waals surface area contributed by atoms with E-state index in [9.17, 15) is 4.79 Å². The Labute approximate surface area is 158 Å². The number of hydrogen-bond donors (Lipinski definition) is 0. The molecule has 1 aliphatic rings. The summed E-state index contributed by atoms with van der Waals surface area (Å²) in [6.07, 6.45) is 5.26. The highest BCUT2D eigenvalue weighted by Gasteiger charge is 2.28. The molecule has 0 spiro atoms. The summed E-state index contributed by atoms with van der Waals surface area (Å²) < 4.78 is 5.55. The molecule has 5 heteroatoms. The van der Waals surface area contributed by atoms with Crippen LogP contribution in [0.1, 0.15) is 79.3 Å². The van der Waals surface area contributed by atoms with Gasteiger partial charge in [-0.1, -0.05) is 12.5 Å². The molecule has 0 aromatic carbocycles. The van der Waals surface area contributed by atoms with Gasteiger partial charge in [-0.25, -0.2) is 9.78 Å². The average Bonchev–Trinajstić information content (AvgIpc) is 2.53. The van der Waals surface area contributed by atoms with Crippen LogP contribution in [0.15, 0.2) is 18.3 Å². The van der Waals surface area contributed by atoms with E-state index < -0.39 is 5.60 Å². The Morgan fingerprint density at radius 1 is 1.23 bits per heavy atom. The number of piperidine rings is 1. The molecule has 1 aromatic rings. The van der Waals surface area contributed by atoms with E-state index in [1.165, 1.54) is 24.8 Å². The molecule has 0 bridgehead atoms. The quantitative estimate of drug-likeness (QED) is 0.742. The molecule has 0 radical (unpaired) electrons. The molecule has 2 heterocycles. The van der Waals surface area contributed by atoms with E-state index in [2.05, 4.69) is 29.8 Å². The number of aromatic nitrogens is 1. The Kier molecular flexibility index (Phi) is 6.67. The Hall–Kier alpha value is -1.62. The zero-order valence-corrected chi connectivity index (χ0v) is 17.5. The summed E-state index contributed by atoms with van der Waals surface area (Å²) in [6, 6.07) is 4.98. The fraction of sp³-hybridized carbons (Fsp3) is 0.714. The summed E-state index contributed by atoms with van der Waals surface area (Å²) in [6.45, 7) is 15.2. The lowest BCUT2D eigenvalue weighted by Crippen LogP contribution is -2.41. The lowest BCUT2D eigenvalue weighted by Gasteiger charge is -2.39. The third-order valence-electron chi connectivity index (χ3n) is 4.72. The number of nitrogens with zero attached hydrogens (tertiary/aromatic N) is 3. The molecule has 1 aromatic heterocycles. The second-order valence-corrected chi connectivity index (χ2v) is 8.74. The number of hydrogen-bond acceptors (Lipinski definition) is 4. The summed E-state index contributed by atoms with van der Waals surface area (Å²) in [5.74, 6) is 0.643. The molecule has 5 nitrogen and oxygen atoms in total. The number of likely N-dealkylation sites (tertiary alicyclic amines) is 1. The van der Waals surface area contributed by atoms with Crippen molar-refractivity contribution in [3.8, 4) is 0 Å². The highest BCUT2D eigenvalue weighted by atomic mass is 16.6. The molecule has 1 saturated heterocycles. The fourth-order valence-corrected chi connectivity index (χ4v) is 3.55. The van der Waals surface area contributed by atoms with Crippen LogP contribution in [0.5, 0.6) is 0 Å². The minimum atomic E-state index is -0.524. The van der Waals surface area contributed by atoms with Gasteiger partial charge in [0.1, 0.15) is 11.4 Å². The second-order valence-electron chi connectivity index (χ2n) is 8.74. The summed E-state index contributed by atoms with van der Waals surface area (Å²) in [4.78, 5) is 21.4. The third kappa shape index (κ3) is 5.19. The number of carbonyl (C=O) groups is 1. The van der Waals surface area contributed by atoms with E-state index >= 15 is 0 Å². The van der Waals surface area contributed by atoms with Crippen LogP contribution in [-0.2, 0) is 4.74 Å². The van der Waals surface area contributed by atoms with Crippen LogP contribution in [0.3, 0.4) is 0 Å². The molecule has 0 saturated carbocycles. The van der Waals surface area contributed by atoms with Crippen molar-refractivity contribution in [1.82, 2.24) is 9.88 Å². The zero-order chi connectivity index (χ0) is 19.5. The van der Waals surface area contributed by atoms with Crippen LogP contribution in [0.2, 0.25) is 0 Å². The maximum atomic E-state index is 12.6. The first-order valence-electron chi connectivity index (χ1n) is 9.84. The zero-order valence-electron chi connectivity index (χ0n) is 17.5. The van der Waals surface area contributed by atoms with Crippen molar-refractivity contribution in [2.75, 3.05) is 11.4 Å². The summed E-state index contributed by atoms with van der Waals surface area (Å²) in [5, 5.41) is 0. The number of pyridine rings is 1. The number of anilines is 1. The number of amides is 1. The van der Waals surface area contributed by atoms with E-state index in [0.29, 0.717) is 17.9 Å². The van der Waals surface area contributed by atoms with Crippen LogP contribution in [0.4, 0.5) is 10.6 Å². The van der Waals surface area contributed by atoms with Gasteiger partial charge < -0.3 is 4.74 Å². The Morgan fingerprint density at radius 3 is 2.42 bits per heavy atom. The smallest absolute Gasteiger partial charge is 0.416 e. The molecule has 1 atom stereocenters. The van der Waals surface area contributed by atoms with Crippen LogP contribution in [0.25, 0.3) is 0 Å². The maximum Gasteiger partial charge on any atom is 0.416 e. The Balaban J connectivity index is 2.21. The van der Waals surface area contributed by atoms with Crippen molar-refractivity contribution in [3.63, 3.8) is 0 Å². The summed E-state index contributed by atoms with van der Waals surface area (Å²) in [5.41, 5.74) is 0.708. The minimum Gasteiger partial charge on any atom is -0.443 e.